The van der Waals surface area contributed by atoms with Gasteiger partial charge >= 0.3 is 0 Å². The molecular formula is C31H38ClF3N2O4. The summed E-state index contributed by atoms with van der Waals surface area (Å²) in [4.78, 5) is 28.0. The van der Waals surface area contributed by atoms with Gasteiger partial charge < -0.3 is 20.8 Å². The molecule has 0 saturated carbocycles. The molecule has 1 fully saturated rings. The number of Topliss-reactive ketones (excluding diaryl/α,β-unsaturated/α-hetero) is 1. The van der Waals surface area contributed by atoms with Crippen molar-refractivity contribution in [3.05, 3.63) is 63.9 Å². The zero-order valence-corrected chi connectivity index (χ0v) is 24.5. The summed E-state index contributed by atoms with van der Waals surface area (Å²) < 4.78 is 43.5. The largest absolute Gasteiger partial charge is 0.394 e. The molecule has 224 valence electrons. The van der Waals surface area contributed by atoms with Crippen LogP contribution in [-0.4, -0.2) is 46.7 Å². The Balaban J connectivity index is 1.91. The zero-order valence-electron chi connectivity index (χ0n) is 23.7. The van der Waals surface area contributed by atoms with E-state index in [4.69, 9.17) is 16.7 Å². The van der Waals surface area contributed by atoms with Gasteiger partial charge in [-0.3, -0.25) is 9.59 Å². The number of aliphatic hydroxyl groups excluding tert-OH is 2. The Morgan fingerprint density at radius 2 is 1.80 bits per heavy atom. The van der Waals surface area contributed by atoms with Gasteiger partial charge in [0.05, 0.1) is 23.8 Å². The summed E-state index contributed by atoms with van der Waals surface area (Å²) >= 11 is 6.19. The maximum absolute atomic E-state index is 14.8. The van der Waals surface area contributed by atoms with Crippen LogP contribution in [-0.2, 0) is 15.0 Å². The lowest BCUT2D eigenvalue weighted by molar-refractivity contribution is -0.122. The minimum Gasteiger partial charge on any atom is -0.394 e. The molecule has 0 aliphatic carbocycles. The Hall–Kier alpha value is -2.46. The van der Waals surface area contributed by atoms with Gasteiger partial charge in [0.15, 0.2) is 11.6 Å². The highest BCUT2D eigenvalue weighted by Crippen LogP contribution is 2.57. The smallest absolute Gasteiger partial charge is 0.237 e. The third-order valence-corrected chi connectivity index (χ3v) is 8.71. The number of anilines is 1. The van der Waals surface area contributed by atoms with E-state index in [1.807, 2.05) is 0 Å². The number of ketones is 1. The van der Waals surface area contributed by atoms with Crippen LogP contribution in [0.5, 0.6) is 0 Å². The molecule has 0 radical (unpaired) electrons. The number of benzene rings is 2. The first kappa shape index (κ1) is 31.5. The lowest BCUT2D eigenvalue weighted by Gasteiger charge is -2.39. The van der Waals surface area contributed by atoms with Crippen molar-refractivity contribution in [2.75, 3.05) is 11.9 Å². The van der Waals surface area contributed by atoms with E-state index >= 15 is 0 Å². The van der Waals surface area contributed by atoms with E-state index in [2.05, 4.69) is 38.3 Å². The summed E-state index contributed by atoms with van der Waals surface area (Å²) in [5.74, 6) is -4.26. The van der Waals surface area contributed by atoms with E-state index in [0.29, 0.717) is 17.9 Å². The fraction of sp³-hybridized carbons (Fsp3) is 0.548. The van der Waals surface area contributed by atoms with E-state index in [1.54, 1.807) is 0 Å². The predicted octanol–water partition coefficient (Wildman–Crippen LogP) is 5.63. The number of rotatable bonds is 11. The normalized spacial score (nSPS) is 24.7. The van der Waals surface area contributed by atoms with Gasteiger partial charge in [-0.25, -0.2) is 13.2 Å². The summed E-state index contributed by atoms with van der Waals surface area (Å²) in [7, 11) is 0. The van der Waals surface area contributed by atoms with E-state index in [9.17, 15) is 27.9 Å². The number of hydrogen-bond acceptors (Lipinski definition) is 5. The van der Waals surface area contributed by atoms with E-state index in [1.165, 1.54) is 18.2 Å². The van der Waals surface area contributed by atoms with Crippen LogP contribution in [0.3, 0.4) is 0 Å². The molecule has 1 saturated heterocycles. The second-order valence-corrected chi connectivity index (χ2v) is 13.1. The summed E-state index contributed by atoms with van der Waals surface area (Å²) in [6, 6.07) is 4.37. The molecule has 4 rings (SSSR count). The monoisotopic (exact) mass is 594 g/mol. The van der Waals surface area contributed by atoms with Crippen LogP contribution in [0.4, 0.5) is 18.9 Å². The van der Waals surface area contributed by atoms with Crippen LogP contribution >= 0.6 is 11.6 Å². The second-order valence-electron chi connectivity index (χ2n) is 12.6. The predicted molar refractivity (Wildman–Crippen MR) is 151 cm³/mol. The molecule has 4 N–H and O–H groups in total. The third kappa shape index (κ3) is 6.05. The van der Waals surface area contributed by atoms with Gasteiger partial charge in [-0.1, -0.05) is 45.4 Å². The molecule has 0 bridgehead atoms. The topological polar surface area (TPSA) is 98.7 Å². The molecule has 2 aromatic carbocycles. The van der Waals surface area contributed by atoms with E-state index in [0.717, 1.165) is 18.6 Å². The fourth-order valence-corrected chi connectivity index (χ4v) is 7.27. The number of carbonyl (C=O) groups is 2. The number of aliphatic hydroxyl groups is 2. The lowest BCUT2D eigenvalue weighted by atomic mass is 9.61. The van der Waals surface area contributed by atoms with Crippen LogP contribution in [0.1, 0.15) is 76.8 Å². The Morgan fingerprint density at radius 1 is 1.12 bits per heavy atom. The quantitative estimate of drug-likeness (QED) is 0.270. The lowest BCUT2D eigenvalue weighted by Crippen LogP contribution is -2.50. The van der Waals surface area contributed by atoms with Crippen LogP contribution in [0.15, 0.2) is 30.3 Å². The van der Waals surface area contributed by atoms with Crippen molar-refractivity contribution in [3.8, 4) is 0 Å². The molecule has 10 heteroatoms. The highest BCUT2D eigenvalue weighted by Gasteiger charge is 2.65. The minimum atomic E-state index is -1.54. The first-order valence-electron chi connectivity index (χ1n) is 14.0. The van der Waals surface area contributed by atoms with Crippen LogP contribution in [0, 0.1) is 28.8 Å². The zero-order chi connectivity index (χ0) is 30.3. The average molecular weight is 595 g/mol. The highest BCUT2D eigenvalue weighted by atomic mass is 35.5. The maximum atomic E-state index is 14.8. The first-order valence-corrected chi connectivity index (χ1v) is 14.4. The number of hydrogen-bond donors (Lipinski definition) is 4. The Morgan fingerprint density at radius 3 is 2.44 bits per heavy atom. The molecule has 1 spiro atoms. The van der Waals surface area contributed by atoms with Gasteiger partial charge in [0.2, 0.25) is 5.91 Å². The van der Waals surface area contributed by atoms with Gasteiger partial charge in [-0.05, 0) is 66.3 Å². The minimum absolute atomic E-state index is 0.0323. The van der Waals surface area contributed by atoms with Crippen molar-refractivity contribution in [1.29, 1.82) is 0 Å². The SMILES string of the molecule is CC(C)CC(C)(C)C[C@H]1N[C@@H](C(=O)CCC[C@H](O)CO)[C@H](c2ccc(F)c(Cl)c2)[C@@]12C(=O)Nc1cc(F)c(F)cc12. The van der Waals surface area contributed by atoms with Gasteiger partial charge in [0, 0.05) is 30.1 Å². The summed E-state index contributed by atoms with van der Waals surface area (Å²) in [5.41, 5.74) is -1.08. The molecule has 2 aliphatic heterocycles. The number of carbonyl (C=O) groups excluding carboxylic acids is 2. The molecule has 2 aromatic rings. The number of fused-ring (bicyclic) bond motifs is 2. The molecular weight excluding hydrogens is 557 g/mol. The van der Waals surface area contributed by atoms with Gasteiger partial charge in [-0.2, -0.15) is 0 Å². The molecule has 5 atom stereocenters. The standard InChI is InChI=1S/C31H38ClF3N2O4/c1-16(2)13-30(3,4)14-26-31(19-11-22(34)23(35)12-24(19)36-29(31)41)27(17-8-9-21(33)20(32)10-17)28(37-26)25(40)7-5-6-18(39)15-38/h8-12,16,18,26-28,37-39H,5-7,13-15H2,1-4H3,(H,36,41)/t18-,26+,27-,28-,31-/m0/s1. The van der Waals surface area contributed by atoms with Crippen molar-refractivity contribution >= 4 is 29.0 Å². The van der Waals surface area contributed by atoms with Crippen LogP contribution in [0.2, 0.25) is 5.02 Å². The molecule has 6 nitrogen and oxygen atoms in total. The molecule has 41 heavy (non-hydrogen) atoms. The third-order valence-electron chi connectivity index (χ3n) is 8.42. The maximum Gasteiger partial charge on any atom is 0.237 e. The molecule has 0 aromatic heterocycles. The molecule has 2 aliphatic rings. The fourth-order valence-electron chi connectivity index (χ4n) is 7.08. The van der Waals surface area contributed by atoms with Crippen LogP contribution < -0.4 is 10.6 Å². The van der Waals surface area contributed by atoms with E-state index < -0.39 is 59.5 Å². The number of halogens is 4. The Labute approximate surface area is 243 Å². The average Bonchev–Trinajstić information content (AvgIpc) is 3.35. The molecule has 1 amide bonds. The summed E-state index contributed by atoms with van der Waals surface area (Å²) in [6.07, 6.45) is 0.783. The first-order chi connectivity index (χ1) is 19.2. The van der Waals surface area contributed by atoms with E-state index in [-0.39, 0.29) is 46.7 Å². The summed E-state index contributed by atoms with van der Waals surface area (Å²) in [6.45, 7) is 7.88. The highest BCUT2D eigenvalue weighted by molar-refractivity contribution is 6.30. The van der Waals surface area contributed by atoms with Gasteiger partial charge in [0.25, 0.3) is 0 Å². The van der Waals surface area contributed by atoms with Crippen molar-refractivity contribution in [2.45, 2.75) is 89.3 Å². The van der Waals surface area contributed by atoms with Crippen molar-refractivity contribution in [2.24, 2.45) is 11.3 Å². The number of amides is 1. The number of nitrogens with one attached hydrogen (secondary N) is 2. The summed E-state index contributed by atoms with van der Waals surface area (Å²) in [5, 5.41) is 24.9. The second kappa shape index (κ2) is 12.0. The van der Waals surface area contributed by atoms with Gasteiger partial charge in [-0.15, -0.1) is 0 Å². The van der Waals surface area contributed by atoms with Crippen LogP contribution in [0.25, 0.3) is 0 Å². The Bertz CT molecular complexity index is 1320. The molecule has 0 unspecified atom stereocenters. The van der Waals surface area contributed by atoms with Crippen molar-refractivity contribution < 1.29 is 33.0 Å². The van der Waals surface area contributed by atoms with Crippen molar-refractivity contribution in [3.63, 3.8) is 0 Å². The van der Waals surface area contributed by atoms with Crippen molar-refractivity contribution in [1.82, 2.24) is 5.32 Å². The Kier molecular flexibility index (Phi) is 9.24. The van der Waals surface area contributed by atoms with Gasteiger partial charge in [0.1, 0.15) is 17.0 Å². The molecule has 2 heterocycles.